The van der Waals surface area contributed by atoms with Gasteiger partial charge in [-0.3, -0.25) is 9.80 Å². The summed E-state index contributed by atoms with van der Waals surface area (Å²) in [7, 11) is 1.73. The molecular weight excluding hydrogens is 257 g/mol. The molecule has 1 aliphatic rings. The number of carbonyl (C=O) groups excluding carboxylic acids is 1. The Hall–Kier alpha value is -1.59. The lowest BCUT2D eigenvalue weighted by Gasteiger charge is -2.27. The molecule has 0 spiro atoms. The van der Waals surface area contributed by atoms with E-state index in [2.05, 4.69) is 0 Å². The Morgan fingerprint density at radius 1 is 1.50 bits per heavy atom. The Labute approximate surface area is 109 Å². The van der Waals surface area contributed by atoms with E-state index in [1.807, 2.05) is 0 Å². The molecule has 0 atom stereocenters. The fourth-order valence-corrected chi connectivity index (χ4v) is 2.11. The number of ketones is 1. The molecule has 6 heteroatoms. The number of hydrazine groups is 1. The second kappa shape index (κ2) is 4.59. The Kier molecular flexibility index (Phi) is 3.28. The average Bonchev–Trinajstić information content (AvgIpc) is 2.58. The minimum Gasteiger partial charge on any atom is -0.384 e. The third kappa shape index (κ3) is 2.07. The first kappa shape index (κ1) is 12.9. The summed E-state index contributed by atoms with van der Waals surface area (Å²) in [5.41, 5.74) is 6.60. The Bertz CT molecular complexity index is 544. The number of benzene rings is 1. The van der Waals surface area contributed by atoms with Gasteiger partial charge in [-0.15, -0.1) is 0 Å². The molecule has 0 bridgehead atoms. The smallest absolute Gasteiger partial charge is 0.160 e. The van der Waals surface area contributed by atoms with E-state index in [1.54, 1.807) is 12.1 Å². The van der Waals surface area contributed by atoms with Crippen LogP contribution in [0.1, 0.15) is 6.92 Å². The highest BCUT2D eigenvalue weighted by Crippen LogP contribution is 2.30. The van der Waals surface area contributed by atoms with Crippen LogP contribution in [0.15, 0.2) is 29.6 Å². The van der Waals surface area contributed by atoms with E-state index < -0.39 is 5.82 Å². The Balaban J connectivity index is 2.50. The van der Waals surface area contributed by atoms with Gasteiger partial charge in [0.2, 0.25) is 0 Å². The van der Waals surface area contributed by atoms with E-state index in [0.29, 0.717) is 17.1 Å². The molecule has 0 saturated carbocycles. The van der Waals surface area contributed by atoms with Gasteiger partial charge in [-0.1, -0.05) is 11.6 Å². The van der Waals surface area contributed by atoms with E-state index in [1.165, 1.54) is 30.1 Å². The molecule has 0 radical (unpaired) electrons. The quantitative estimate of drug-likeness (QED) is 0.891. The van der Waals surface area contributed by atoms with Gasteiger partial charge < -0.3 is 5.73 Å². The molecule has 0 amide bonds. The van der Waals surface area contributed by atoms with Gasteiger partial charge >= 0.3 is 0 Å². The lowest BCUT2D eigenvalue weighted by atomic mass is 10.2. The van der Waals surface area contributed by atoms with Crippen LogP contribution in [0.5, 0.6) is 0 Å². The number of anilines is 1. The molecule has 0 saturated heterocycles. The van der Waals surface area contributed by atoms with Gasteiger partial charge in [0.15, 0.2) is 5.78 Å². The second-order valence-electron chi connectivity index (χ2n) is 4.14. The summed E-state index contributed by atoms with van der Waals surface area (Å²) >= 11 is 5.85. The first-order chi connectivity index (χ1) is 8.41. The van der Waals surface area contributed by atoms with Gasteiger partial charge in [0.05, 0.1) is 17.8 Å². The minimum absolute atomic E-state index is 0.121. The molecule has 1 aliphatic heterocycles. The van der Waals surface area contributed by atoms with Crippen LogP contribution in [-0.2, 0) is 4.79 Å². The van der Waals surface area contributed by atoms with Crippen molar-refractivity contribution >= 4 is 23.1 Å². The van der Waals surface area contributed by atoms with Crippen molar-refractivity contribution in [2.24, 2.45) is 5.73 Å². The zero-order chi connectivity index (χ0) is 13.4. The molecule has 4 nitrogen and oxygen atoms in total. The van der Waals surface area contributed by atoms with Crippen molar-refractivity contribution in [2.45, 2.75) is 6.92 Å². The lowest BCUT2D eigenvalue weighted by Crippen LogP contribution is -2.37. The Morgan fingerprint density at radius 2 is 2.17 bits per heavy atom. The van der Waals surface area contributed by atoms with Crippen LogP contribution in [0, 0.1) is 5.82 Å². The van der Waals surface area contributed by atoms with Gasteiger partial charge in [0.1, 0.15) is 11.6 Å². The number of carbonyl (C=O) groups is 1. The van der Waals surface area contributed by atoms with Crippen molar-refractivity contribution in [3.8, 4) is 0 Å². The van der Waals surface area contributed by atoms with Crippen LogP contribution >= 0.6 is 11.6 Å². The highest BCUT2D eigenvalue weighted by molar-refractivity contribution is 6.30. The maximum absolute atomic E-state index is 13.8. The summed E-state index contributed by atoms with van der Waals surface area (Å²) in [5, 5.41) is 3.53. The normalized spacial score (nSPS) is 16.6. The van der Waals surface area contributed by atoms with Crippen molar-refractivity contribution < 1.29 is 9.18 Å². The molecule has 0 aromatic heterocycles. The predicted octanol–water partition coefficient (Wildman–Crippen LogP) is 1.91. The third-order valence-electron chi connectivity index (χ3n) is 2.83. The van der Waals surface area contributed by atoms with Gasteiger partial charge in [-0.25, -0.2) is 9.40 Å². The van der Waals surface area contributed by atoms with E-state index in [4.69, 9.17) is 17.3 Å². The highest BCUT2D eigenvalue weighted by atomic mass is 35.5. The summed E-state index contributed by atoms with van der Waals surface area (Å²) < 4.78 is 13.8. The van der Waals surface area contributed by atoms with Crippen LogP contribution in [-0.4, -0.2) is 24.4 Å². The van der Waals surface area contributed by atoms with E-state index in [9.17, 15) is 9.18 Å². The number of nitrogens with two attached hydrogens (primary N) is 1. The molecular formula is C12H13ClFN3O. The SMILES string of the molecule is CC(=O)C1=C(N)N(c2cc(Cl)ccc2F)N(C)C1. The van der Waals surface area contributed by atoms with Crippen molar-refractivity contribution in [1.29, 1.82) is 0 Å². The predicted molar refractivity (Wildman–Crippen MR) is 68.4 cm³/mol. The number of nitrogens with zero attached hydrogens (tertiary/aromatic N) is 2. The summed E-state index contributed by atoms with van der Waals surface area (Å²) in [6.45, 7) is 1.79. The first-order valence-electron chi connectivity index (χ1n) is 5.37. The molecule has 2 rings (SSSR count). The fourth-order valence-electron chi connectivity index (χ4n) is 1.95. The molecule has 18 heavy (non-hydrogen) atoms. The van der Waals surface area contributed by atoms with E-state index in [-0.39, 0.29) is 17.3 Å². The van der Waals surface area contributed by atoms with Crippen molar-refractivity contribution in [3.63, 3.8) is 0 Å². The summed E-state index contributed by atoms with van der Waals surface area (Å²) in [6.07, 6.45) is 0. The van der Waals surface area contributed by atoms with E-state index >= 15 is 0 Å². The molecule has 2 N–H and O–H groups in total. The van der Waals surface area contributed by atoms with Crippen LogP contribution in [0.2, 0.25) is 5.02 Å². The molecule has 0 fully saturated rings. The number of hydrogen-bond donors (Lipinski definition) is 1. The largest absolute Gasteiger partial charge is 0.384 e. The fraction of sp³-hybridized carbons (Fsp3) is 0.250. The Morgan fingerprint density at radius 3 is 2.72 bits per heavy atom. The number of rotatable bonds is 2. The standard InChI is InChI=1S/C12H13ClFN3O/c1-7(18)9-6-16(2)17(12(9)15)11-5-8(13)3-4-10(11)14/h3-5H,6,15H2,1-2H3. The first-order valence-corrected chi connectivity index (χ1v) is 5.75. The monoisotopic (exact) mass is 269 g/mol. The third-order valence-corrected chi connectivity index (χ3v) is 3.06. The van der Waals surface area contributed by atoms with Crippen molar-refractivity contribution in [3.05, 3.63) is 40.4 Å². The van der Waals surface area contributed by atoms with Gasteiger partial charge in [-0.05, 0) is 25.1 Å². The summed E-state index contributed by atoms with van der Waals surface area (Å²) in [5.74, 6) is -0.325. The van der Waals surface area contributed by atoms with Crippen LogP contribution in [0.3, 0.4) is 0 Å². The maximum atomic E-state index is 13.8. The molecule has 96 valence electrons. The second-order valence-corrected chi connectivity index (χ2v) is 4.58. The lowest BCUT2D eigenvalue weighted by molar-refractivity contribution is -0.113. The molecule has 0 unspecified atom stereocenters. The van der Waals surface area contributed by atoms with Crippen molar-refractivity contribution in [2.75, 3.05) is 18.6 Å². The molecule has 0 aliphatic carbocycles. The van der Waals surface area contributed by atoms with Crippen LogP contribution in [0.4, 0.5) is 10.1 Å². The highest BCUT2D eigenvalue weighted by Gasteiger charge is 2.30. The van der Waals surface area contributed by atoms with E-state index in [0.717, 1.165) is 0 Å². The summed E-state index contributed by atoms with van der Waals surface area (Å²) in [6, 6.07) is 4.20. The maximum Gasteiger partial charge on any atom is 0.160 e. The van der Waals surface area contributed by atoms with Gasteiger partial charge in [-0.2, -0.15) is 0 Å². The molecule has 1 aromatic rings. The van der Waals surface area contributed by atoms with Gasteiger partial charge in [0, 0.05) is 12.1 Å². The number of hydrogen-bond acceptors (Lipinski definition) is 4. The number of likely N-dealkylation sites (N-methyl/N-ethyl adjacent to an activating group) is 1. The van der Waals surface area contributed by atoms with Crippen molar-refractivity contribution in [1.82, 2.24) is 5.01 Å². The summed E-state index contributed by atoms with van der Waals surface area (Å²) in [4.78, 5) is 11.4. The number of Topliss-reactive ketones (excluding diaryl/α,β-unsaturated/α-hetero) is 1. The zero-order valence-corrected chi connectivity index (χ0v) is 10.8. The number of halogens is 2. The zero-order valence-electron chi connectivity index (χ0n) is 10.1. The van der Waals surface area contributed by atoms with Crippen LogP contribution < -0.4 is 10.7 Å². The van der Waals surface area contributed by atoms with Crippen LogP contribution in [0.25, 0.3) is 0 Å². The topological polar surface area (TPSA) is 49.6 Å². The molecule has 1 aromatic carbocycles. The molecule has 1 heterocycles. The minimum atomic E-state index is -0.445. The average molecular weight is 270 g/mol. The van der Waals surface area contributed by atoms with Gasteiger partial charge in [0.25, 0.3) is 0 Å².